The van der Waals surface area contributed by atoms with Crippen LogP contribution in [0.25, 0.3) is 10.4 Å². The highest BCUT2D eigenvalue weighted by atomic mass is 16.6. The quantitative estimate of drug-likeness (QED) is 0.276. The largest absolute Gasteiger partial charge is 0.394 e. The summed E-state index contributed by atoms with van der Waals surface area (Å²) >= 11 is 0. The van der Waals surface area contributed by atoms with E-state index < -0.39 is 0 Å². The number of nitrogens with zero attached hydrogens (tertiary/aromatic N) is 3. The summed E-state index contributed by atoms with van der Waals surface area (Å²) in [5.74, 6) is 0.549. The van der Waals surface area contributed by atoms with Gasteiger partial charge in [0.05, 0.1) is 0 Å². The van der Waals surface area contributed by atoms with Crippen LogP contribution >= 0.6 is 0 Å². The summed E-state index contributed by atoms with van der Waals surface area (Å²) in [6, 6.07) is 7.23. The topological polar surface area (TPSA) is 58.0 Å². The smallest absolute Gasteiger partial charge is 0.136 e. The van der Waals surface area contributed by atoms with Crippen LogP contribution < -0.4 is 4.84 Å². The summed E-state index contributed by atoms with van der Waals surface area (Å²) in [7, 11) is 0. The molecule has 0 amide bonds. The van der Waals surface area contributed by atoms with Crippen LogP contribution in [0.1, 0.15) is 5.56 Å². The van der Waals surface area contributed by atoms with Crippen molar-refractivity contribution in [2.75, 3.05) is 0 Å². The van der Waals surface area contributed by atoms with Crippen molar-refractivity contribution in [3.63, 3.8) is 0 Å². The molecule has 0 aromatic heterocycles. The van der Waals surface area contributed by atoms with Crippen LogP contribution in [0.3, 0.4) is 0 Å². The first kappa shape index (κ1) is 7.44. The normalized spacial score (nSPS) is 8.45. The van der Waals surface area contributed by atoms with Gasteiger partial charge in [0.25, 0.3) is 0 Å². The van der Waals surface area contributed by atoms with Crippen LogP contribution in [-0.4, -0.2) is 0 Å². The van der Waals surface area contributed by atoms with Crippen molar-refractivity contribution in [1.82, 2.24) is 0 Å². The van der Waals surface area contributed by atoms with Crippen LogP contribution in [0.4, 0.5) is 0 Å². The van der Waals surface area contributed by atoms with Crippen molar-refractivity contribution >= 4 is 0 Å². The first-order valence-electron chi connectivity index (χ1n) is 3.11. The van der Waals surface area contributed by atoms with Crippen LogP contribution in [0.2, 0.25) is 0 Å². The fourth-order valence-electron chi connectivity index (χ4n) is 0.665. The standard InChI is InChI=1S/C7H7N3O/c1-6-2-4-7(5-3-6)11-10-9-8/h2-5H,1H3. The molecule has 0 aliphatic carbocycles. The van der Waals surface area contributed by atoms with E-state index in [9.17, 15) is 0 Å². The zero-order valence-corrected chi connectivity index (χ0v) is 6.06. The van der Waals surface area contributed by atoms with E-state index in [4.69, 9.17) is 5.53 Å². The zero-order chi connectivity index (χ0) is 8.10. The molecule has 1 rings (SSSR count). The summed E-state index contributed by atoms with van der Waals surface area (Å²) in [5.41, 5.74) is 9.05. The van der Waals surface area contributed by atoms with Crippen molar-refractivity contribution in [3.05, 3.63) is 40.3 Å². The van der Waals surface area contributed by atoms with Gasteiger partial charge in [-0.1, -0.05) is 17.7 Å². The highest BCUT2D eigenvalue weighted by molar-refractivity contribution is 5.25. The predicted molar refractivity (Wildman–Crippen MR) is 41.0 cm³/mol. The molecule has 56 valence electrons. The van der Waals surface area contributed by atoms with Gasteiger partial charge in [-0.15, -0.1) is 0 Å². The minimum atomic E-state index is 0.549. The minimum Gasteiger partial charge on any atom is -0.394 e. The van der Waals surface area contributed by atoms with Gasteiger partial charge in [-0.25, -0.2) is 0 Å². The van der Waals surface area contributed by atoms with Crippen molar-refractivity contribution in [2.24, 2.45) is 5.28 Å². The van der Waals surface area contributed by atoms with E-state index in [2.05, 4.69) is 15.0 Å². The van der Waals surface area contributed by atoms with Crippen LogP contribution in [0, 0.1) is 6.92 Å². The predicted octanol–water partition coefficient (Wildman–Crippen LogP) is 2.60. The lowest BCUT2D eigenvalue weighted by Gasteiger charge is -1.95. The van der Waals surface area contributed by atoms with Gasteiger partial charge in [-0.05, 0) is 24.6 Å². The maximum Gasteiger partial charge on any atom is 0.136 e. The third-order valence-corrected chi connectivity index (χ3v) is 1.20. The Morgan fingerprint density at radius 1 is 1.36 bits per heavy atom. The lowest BCUT2D eigenvalue weighted by Crippen LogP contribution is -1.79. The van der Waals surface area contributed by atoms with Crippen molar-refractivity contribution in [3.8, 4) is 5.75 Å². The molecule has 4 nitrogen and oxygen atoms in total. The van der Waals surface area contributed by atoms with Crippen molar-refractivity contribution in [2.45, 2.75) is 6.92 Å². The van der Waals surface area contributed by atoms with Gasteiger partial charge in [0.1, 0.15) is 11.0 Å². The molecule has 0 heterocycles. The second-order valence-corrected chi connectivity index (χ2v) is 2.08. The molecule has 0 spiro atoms. The Balaban J connectivity index is 2.73. The van der Waals surface area contributed by atoms with Crippen molar-refractivity contribution < 1.29 is 4.84 Å². The molecule has 0 unspecified atom stereocenters. The Labute approximate surface area is 64.0 Å². The average Bonchev–Trinajstić information content (AvgIpc) is 2.04. The molecule has 0 radical (unpaired) electrons. The molecule has 0 fully saturated rings. The first-order valence-corrected chi connectivity index (χ1v) is 3.11. The van der Waals surface area contributed by atoms with E-state index in [1.165, 1.54) is 0 Å². The molecular formula is C7H7N3O. The first-order chi connectivity index (χ1) is 5.33. The Kier molecular flexibility index (Phi) is 2.36. The lowest BCUT2D eigenvalue weighted by atomic mass is 10.2. The Hall–Kier alpha value is -1.67. The van der Waals surface area contributed by atoms with Gasteiger partial charge in [0.2, 0.25) is 0 Å². The number of hydrogen-bond donors (Lipinski definition) is 0. The molecule has 0 saturated carbocycles. The molecular weight excluding hydrogens is 142 g/mol. The van der Waals surface area contributed by atoms with Gasteiger partial charge in [-0.3, -0.25) is 0 Å². The second-order valence-electron chi connectivity index (χ2n) is 2.08. The van der Waals surface area contributed by atoms with Gasteiger partial charge in [0, 0.05) is 4.91 Å². The highest BCUT2D eigenvalue weighted by Crippen LogP contribution is 2.11. The van der Waals surface area contributed by atoms with E-state index in [0.717, 1.165) is 5.56 Å². The molecule has 0 bridgehead atoms. The van der Waals surface area contributed by atoms with Gasteiger partial charge in [-0.2, -0.15) is 0 Å². The minimum absolute atomic E-state index is 0.549. The van der Waals surface area contributed by atoms with Crippen LogP contribution in [0.5, 0.6) is 5.75 Å². The van der Waals surface area contributed by atoms with Crippen LogP contribution in [0.15, 0.2) is 29.5 Å². The van der Waals surface area contributed by atoms with Gasteiger partial charge in [0.15, 0.2) is 0 Å². The van der Waals surface area contributed by atoms with Gasteiger partial charge < -0.3 is 4.84 Å². The van der Waals surface area contributed by atoms with Crippen molar-refractivity contribution in [1.29, 1.82) is 0 Å². The number of benzene rings is 1. The molecule has 4 heteroatoms. The fraction of sp³-hybridized carbons (Fsp3) is 0.143. The van der Waals surface area contributed by atoms with E-state index in [1.807, 2.05) is 19.1 Å². The third kappa shape index (κ3) is 2.20. The summed E-state index contributed by atoms with van der Waals surface area (Å²) in [5, 5.41) is 2.95. The van der Waals surface area contributed by atoms with E-state index in [1.54, 1.807) is 12.1 Å². The summed E-state index contributed by atoms with van der Waals surface area (Å²) < 4.78 is 0. The Morgan fingerprint density at radius 2 is 2.00 bits per heavy atom. The maximum absolute atomic E-state index is 7.92. The maximum atomic E-state index is 7.92. The summed E-state index contributed by atoms with van der Waals surface area (Å²) in [6.07, 6.45) is 0. The second kappa shape index (κ2) is 3.49. The number of aryl methyl sites for hydroxylation is 1. The monoisotopic (exact) mass is 149 g/mol. The van der Waals surface area contributed by atoms with Gasteiger partial charge >= 0.3 is 0 Å². The van der Waals surface area contributed by atoms with Crippen LogP contribution in [-0.2, 0) is 0 Å². The molecule has 1 aromatic rings. The number of rotatable bonds is 2. The Morgan fingerprint density at radius 3 is 2.55 bits per heavy atom. The van der Waals surface area contributed by atoms with E-state index in [-0.39, 0.29) is 0 Å². The summed E-state index contributed by atoms with van der Waals surface area (Å²) in [6.45, 7) is 1.97. The molecule has 0 N–H and O–H groups in total. The highest BCUT2D eigenvalue weighted by Gasteiger charge is 1.88. The van der Waals surface area contributed by atoms with E-state index >= 15 is 0 Å². The molecule has 0 aliphatic rings. The molecule has 0 atom stereocenters. The molecule has 11 heavy (non-hydrogen) atoms. The number of azide groups is 1. The number of hydrogen-bond acceptors (Lipinski definition) is 2. The van der Waals surface area contributed by atoms with E-state index in [0.29, 0.717) is 5.75 Å². The molecule has 0 aliphatic heterocycles. The molecule has 0 saturated heterocycles. The lowest BCUT2D eigenvalue weighted by molar-refractivity contribution is 0.333. The molecule has 1 aromatic carbocycles. The zero-order valence-electron chi connectivity index (χ0n) is 6.06. The third-order valence-electron chi connectivity index (χ3n) is 1.20. The SMILES string of the molecule is Cc1ccc(ON=[N+]=[N-])cc1. The Bertz CT molecular complexity index is 274. The summed E-state index contributed by atoms with van der Waals surface area (Å²) in [4.78, 5) is 7.07. The fourth-order valence-corrected chi connectivity index (χ4v) is 0.665. The average molecular weight is 149 g/mol.